The first kappa shape index (κ1) is 11.9. The fraction of sp³-hybridized carbons (Fsp3) is 0.154. The average molecular weight is 272 g/mol. The number of hydrogen-bond donors (Lipinski definition) is 2. The molecule has 0 aliphatic rings. The molecule has 19 heavy (non-hydrogen) atoms. The number of benzene rings is 1. The van der Waals surface area contributed by atoms with E-state index < -0.39 is 0 Å². The van der Waals surface area contributed by atoms with Crippen molar-refractivity contribution >= 4 is 33.1 Å². The first-order valence-corrected chi connectivity index (χ1v) is 6.65. The minimum Gasteiger partial charge on any atom is -0.311 e. The van der Waals surface area contributed by atoms with E-state index in [0.29, 0.717) is 5.69 Å². The Morgan fingerprint density at radius 1 is 1.32 bits per heavy atom. The number of nitrogens with one attached hydrogen (secondary N) is 2. The zero-order chi connectivity index (χ0) is 13.4. The molecule has 0 radical (unpaired) electrons. The molecule has 0 fully saturated rings. The Bertz CT molecular complexity index is 759. The Labute approximate surface area is 113 Å². The molecule has 0 atom stereocenters. The van der Waals surface area contributed by atoms with Gasteiger partial charge >= 0.3 is 0 Å². The normalized spacial score (nSPS) is 10.8. The van der Waals surface area contributed by atoms with Gasteiger partial charge in [0, 0.05) is 5.39 Å². The molecule has 0 saturated carbocycles. The van der Waals surface area contributed by atoms with Gasteiger partial charge in [-0.05, 0) is 19.9 Å². The summed E-state index contributed by atoms with van der Waals surface area (Å²) < 4.78 is 0. The van der Waals surface area contributed by atoms with E-state index in [4.69, 9.17) is 0 Å². The SMILES string of the molecule is Cc1nc(C)c(NC(=O)c2n[nH]c3ccccc23)s1. The highest BCUT2D eigenvalue weighted by atomic mass is 32.1. The number of aromatic amines is 1. The van der Waals surface area contributed by atoms with E-state index in [2.05, 4.69) is 20.5 Å². The van der Waals surface area contributed by atoms with Crippen molar-refractivity contribution in [3.63, 3.8) is 0 Å². The molecule has 3 aromatic rings. The van der Waals surface area contributed by atoms with Gasteiger partial charge in [0.25, 0.3) is 5.91 Å². The third kappa shape index (κ3) is 2.10. The predicted molar refractivity (Wildman–Crippen MR) is 75.6 cm³/mol. The molecule has 0 bridgehead atoms. The van der Waals surface area contributed by atoms with Crippen molar-refractivity contribution in [2.75, 3.05) is 5.32 Å². The van der Waals surface area contributed by atoms with Gasteiger partial charge in [0.2, 0.25) is 0 Å². The summed E-state index contributed by atoms with van der Waals surface area (Å²) in [6, 6.07) is 7.55. The molecule has 1 aromatic carbocycles. The second-order valence-electron chi connectivity index (χ2n) is 4.22. The molecule has 2 aromatic heterocycles. The number of hydrogen-bond acceptors (Lipinski definition) is 4. The van der Waals surface area contributed by atoms with E-state index in [0.717, 1.165) is 26.6 Å². The van der Waals surface area contributed by atoms with Crippen molar-refractivity contribution < 1.29 is 4.79 Å². The maximum Gasteiger partial charge on any atom is 0.277 e. The summed E-state index contributed by atoms with van der Waals surface area (Å²) in [5.41, 5.74) is 2.08. The fourth-order valence-electron chi connectivity index (χ4n) is 1.95. The minimum absolute atomic E-state index is 0.218. The van der Waals surface area contributed by atoms with Gasteiger partial charge in [-0.1, -0.05) is 18.2 Å². The lowest BCUT2D eigenvalue weighted by atomic mass is 10.2. The molecule has 2 N–H and O–H groups in total. The molecule has 1 amide bonds. The third-order valence-electron chi connectivity index (χ3n) is 2.82. The number of carbonyl (C=O) groups is 1. The van der Waals surface area contributed by atoms with Crippen LogP contribution in [0.3, 0.4) is 0 Å². The van der Waals surface area contributed by atoms with E-state index in [-0.39, 0.29) is 5.91 Å². The van der Waals surface area contributed by atoms with Gasteiger partial charge < -0.3 is 5.32 Å². The number of fused-ring (bicyclic) bond motifs is 1. The van der Waals surface area contributed by atoms with Crippen molar-refractivity contribution in [3.8, 4) is 0 Å². The van der Waals surface area contributed by atoms with Crippen LogP contribution in [-0.4, -0.2) is 21.1 Å². The van der Waals surface area contributed by atoms with Gasteiger partial charge in [-0.3, -0.25) is 9.89 Å². The molecular weight excluding hydrogens is 260 g/mol. The lowest BCUT2D eigenvalue weighted by Crippen LogP contribution is -2.12. The van der Waals surface area contributed by atoms with E-state index in [9.17, 15) is 4.79 Å². The van der Waals surface area contributed by atoms with Crippen molar-refractivity contribution in [3.05, 3.63) is 40.7 Å². The van der Waals surface area contributed by atoms with Gasteiger partial charge in [-0.25, -0.2) is 4.98 Å². The monoisotopic (exact) mass is 272 g/mol. The zero-order valence-corrected chi connectivity index (χ0v) is 11.3. The molecular formula is C13H12N4OS. The van der Waals surface area contributed by atoms with E-state index >= 15 is 0 Å². The summed E-state index contributed by atoms with van der Waals surface area (Å²) in [7, 11) is 0. The number of anilines is 1. The molecule has 96 valence electrons. The second-order valence-corrected chi connectivity index (χ2v) is 5.42. The molecule has 0 aliphatic carbocycles. The lowest BCUT2D eigenvalue weighted by molar-refractivity contribution is 0.102. The molecule has 2 heterocycles. The van der Waals surface area contributed by atoms with Gasteiger partial charge in [0.15, 0.2) is 5.69 Å². The summed E-state index contributed by atoms with van der Waals surface area (Å²) in [5.74, 6) is -0.218. The topological polar surface area (TPSA) is 70.7 Å². The van der Waals surface area contributed by atoms with Crippen LogP contribution in [0.5, 0.6) is 0 Å². The quantitative estimate of drug-likeness (QED) is 0.753. The molecule has 0 saturated heterocycles. The molecule has 0 aliphatic heterocycles. The number of aromatic nitrogens is 3. The van der Waals surface area contributed by atoms with Crippen LogP contribution in [0, 0.1) is 13.8 Å². The number of rotatable bonds is 2. The predicted octanol–water partition coefficient (Wildman–Crippen LogP) is 2.89. The first-order chi connectivity index (χ1) is 9.15. The highest BCUT2D eigenvalue weighted by molar-refractivity contribution is 7.16. The summed E-state index contributed by atoms with van der Waals surface area (Å²) in [5, 5.41) is 12.3. The number of para-hydroxylation sites is 1. The number of carbonyl (C=O) groups excluding carboxylic acids is 1. The van der Waals surface area contributed by atoms with Crippen molar-refractivity contribution in [2.24, 2.45) is 0 Å². The number of nitrogens with zero attached hydrogens (tertiary/aromatic N) is 2. The summed E-state index contributed by atoms with van der Waals surface area (Å²) >= 11 is 1.46. The fourth-order valence-corrected chi connectivity index (χ4v) is 2.76. The smallest absolute Gasteiger partial charge is 0.277 e. The Balaban J connectivity index is 1.94. The van der Waals surface area contributed by atoms with Gasteiger partial charge in [0.1, 0.15) is 5.00 Å². The van der Waals surface area contributed by atoms with Crippen molar-refractivity contribution in [1.29, 1.82) is 0 Å². The molecule has 0 spiro atoms. The van der Waals surface area contributed by atoms with E-state index in [1.54, 1.807) is 0 Å². The second kappa shape index (κ2) is 4.47. The van der Waals surface area contributed by atoms with Crippen LogP contribution in [0.25, 0.3) is 10.9 Å². The van der Waals surface area contributed by atoms with Crippen LogP contribution in [0.15, 0.2) is 24.3 Å². The van der Waals surface area contributed by atoms with Crippen LogP contribution in [-0.2, 0) is 0 Å². The average Bonchev–Trinajstić information content (AvgIpc) is 2.93. The van der Waals surface area contributed by atoms with Crippen LogP contribution >= 0.6 is 11.3 Å². The summed E-state index contributed by atoms with van der Waals surface area (Å²) in [6.45, 7) is 3.79. The Morgan fingerprint density at radius 2 is 2.11 bits per heavy atom. The summed E-state index contributed by atoms with van der Waals surface area (Å²) in [6.07, 6.45) is 0. The largest absolute Gasteiger partial charge is 0.311 e. The van der Waals surface area contributed by atoms with Gasteiger partial charge in [-0.2, -0.15) is 5.10 Å². The first-order valence-electron chi connectivity index (χ1n) is 5.83. The van der Waals surface area contributed by atoms with Gasteiger partial charge in [-0.15, -0.1) is 11.3 Å². The van der Waals surface area contributed by atoms with Gasteiger partial charge in [0.05, 0.1) is 16.2 Å². The van der Waals surface area contributed by atoms with E-state index in [1.165, 1.54) is 11.3 Å². The maximum absolute atomic E-state index is 12.2. The minimum atomic E-state index is -0.218. The highest BCUT2D eigenvalue weighted by Crippen LogP contribution is 2.24. The number of H-pyrrole nitrogens is 1. The standard InChI is InChI=1S/C13H12N4OS/c1-7-13(19-8(2)14-7)15-12(18)11-9-5-3-4-6-10(9)16-17-11/h3-6H,1-2H3,(H,15,18)(H,16,17). The van der Waals surface area contributed by atoms with Crippen LogP contribution in [0.4, 0.5) is 5.00 Å². The van der Waals surface area contributed by atoms with E-state index in [1.807, 2.05) is 38.1 Å². The third-order valence-corrected chi connectivity index (χ3v) is 3.80. The lowest BCUT2D eigenvalue weighted by Gasteiger charge is -2.00. The molecule has 6 heteroatoms. The van der Waals surface area contributed by atoms with Crippen molar-refractivity contribution in [2.45, 2.75) is 13.8 Å². The molecule has 5 nitrogen and oxygen atoms in total. The zero-order valence-electron chi connectivity index (χ0n) is 10.5. The van der Waals surface area contributed by atoms with Crippen LogP contribution in [0.2, 0.25) is 0 Å². The summed E-state index contributed by atoms with van der Waals surface area (Å²) in [4.78, 5) is 16.5. The Morgan fingerprint density at radius 3 is 2.84 bits per heavy atom. The van der Waals surface area contributed by atoms with Crippen LogP contribution < -0.4 is 5.32 Å². The Kier molecular flexibility index (Phi) is 2.79. The highest BCUT2D eigenvalue weighted by Gasteiger charge is 2.16. The molecule has 3 rings (SSSR count). The molecule has 0 unspecified atom stereocenters. The number of amides is 1. The Hall–Kier alpha value is -2.21. The maximum atomic E-state index is 12.2. The number of aryl methyl sites for hydroxylation is 2. The van der Waals surface area contributed by atoms with Crippen LogP contribution in [0.1, 0.15) is 21.2 Å². The number of thiazole rings is 1. The van der Waals surface area contributed by atoms with Crippen molar-refractivity contribution in [1.82, 2.24) is 15.2 Å².